The molecule has 2 aromatic rings. The van der Waals surface area contributed by atoms with Crippen molar-refractivity contribution < 1.29 is 4.39 Å². The van der Waals surface area contributed by atoms with Gasteiger partial charge in [-0.25, -0.2) is 4.39 Å². The molecule has 0 radical (unpaired) electrons. The number of nitrogens with zero attached hydrogens (tertiary/aromatic N) is 2. The lowest BCUT2D eigenvalue weighted by atomic mass is 10.1. The van der Waals surface area contributed by atoms with Crippen LogP contribution in [0.1, 0.15) is 22.5 Å². The molecule has 0 atom stereocenters. The minimum absolute atomic E-state index is 0.0638. The summed E-state index contributed by atoms with van der Waals surface area (Å²) in [5.74, 6) is -0.397. The zero-order valence-corrected chi connectivity index (χ0v) is 13.0. The minimum atomic E-state index is -0.397. The Bertz CT molecular complexity index is 652. The smallest absolute Gasteiger partial charge is 0.133 e. The summed E-state index contributed by atoms with van der Waals surface area (Å²) in [6.07, 6.45) is 0. The highest BCUT2D eigenvalue weighted by atomic mass is 79.9. The van der Waals surface area contributed by atoms with Gasteiger partial charge in [0.05, 0.1) is 22.4 Å². The van der Waals surface area contributed by atoms with Crippen molar-refractivity contribution >= 4 is 33.1 Å². The van der Waals surface area contributed by atoms with E-state index in [1.807, 2.05) is 18.5 Å². The quantitative estimate of drug-likeness (QED) is 0.872. The van der Waals surface area contributed by atoms with Gasteiger partial charge in [0.15, 0.2) is 0 Å². The SMILES string of the molecule is Cc1nn(Cc2ccc(F)c(C(N)=S)c2)c(C)c1Br. The van der Waals surface area contributed by atoms with E-state index in [2.05, 4.69) is 21.0 Å². The molecule has 0 aliphatic rings. The van der Waals surface area contributed by atoms with Crippen LogP contribution >= 0.6 is 28.1 Å². The third-order valence-corrected chi connectivity index (χ3v) is 4.29. The van der Waals surface area contributed by atoms with E-state index in [1.165, 1.54) is 6.07 Å². The van der Waals surface area contributed by atoms with Gasteiger partial charge in [-0.2, -0.15) is 5.10 Å². The van der Waals surface area contributed by atoms with Gasteiger partial charge >= 0.3 is 0 Å². The Kier molecular flexibility index (Phi) is 4.01. The molecule has 0 fully saturated rings. The second kappa shape index (κ2) is 5.38. The Balaban J connectivity index is 2.36. The molecule has 0 saturated carbocycles. The summed E-state index contributed by atoms with van der Waals surface area (Å²) in [5.41, 5.74) is 8.62. The molecule has 0 aliphatic heterocycles. The number of halogens is 2. The van der Waals surface area contributed by atoms with E-state index in [9.17, 15) is 4.39 Å². The van der Waals surface area contributed by atoms with Crippen molar-refractivity contribution in [3.05, 3.63) is 51.0 Å². The van der Waals surface area contributed by atoms with Gasteiger partial charge in [0.1, 0.15) is 10.8 Å². The molecule has 1 aromatic heterocycles. The molecule has 0 spiro atoms. The average molecular weight is 342 g/mol. The minimum Gasteiger partial charge on any atom is -0.389 e. The lowest BCUT2D eigenvalue weighted by Crippen LogP contribution is -2.13. The largest absolute Gasteiger partial charge is 0.389 e. The predicted octanol–water partition coefficient (Wildman–Crippen LogP) is 3.08. The molecular formula is C13H13BrFN3S. The highest BCUT2D eigenvalue weighted by Crippen LogP contribution is 2.21. The van der Waals surface area contributed by atoms with Crippen molar-refractivity contribution in [3.8, 4) is 0 Å². The van der Waals surface area contributed by atoms with Crippen LogP contribution in [0.3, 0.4) is 0 Å². The van der Waals surface area contributed by atoms with Crippen LogP contribution in [0.5, 0.6) is 0 Å². The van der Waals surface area contributed by atoms with Crippen molar-refractivity contribution in [3.63, 3.8) is 0 Å². The summed E-state index contributed by atoms with van der Waals surface area (Å²) >= 11 is 8.31. The number of thiocarbonyl (C=S) groups is 1. The topological polar surface area (TPSA) is 43.8 Å². The van der Waals surface area contributed by atoms with E-state index in [0.717, 1.165) is 21.4 Å². The first kappa shape index (κ1) is 14.1. The molecule has 19 heavy (non-hydrogen) atoms. The number of hydrogen-bond acceptors (Lipinski definition) is 2. The maximum Gasteiger partial charge on any atom is 0.133 e. The van der Waals surface area contributed by atoms with Gasteiger partial charge in [-0.1, -0.05) is 18.3 Å². The summed E-state index contributed by atoms with van der Waals surface area (Å²) in [6.45, 7) is 4.45. The zero-order chi connectivity index (χ0) is 14.2. The van der Waals surface area contributed by atoms with Gasteiger partial charge in [0.2, 0.25) is 0 Å². The van der Waals surface area contributed by atoms with Crippen molar-refractivity contribution in [2.75, 3.05) is 0 Å². The highest BCUT2D eigenvalue weighted by Gasteiger charge is 2.11. The van der Waals surface area contributed by atoms with Gasteiger partial charge in [0, 0.05) is 5.56 Å². The molecule has 2 rings (SSSR count). The van der Waals surface area contributed by atoms with Gasteiger partial charge in [-0.15, -0.1) is 0 Å². The molecule has 6 heteroatoms. The zero-order valence-electron chi connectivity index (χ0n) is 10.6. The summed E-state index contributed by atoms with van der Waals surface area (Å²) in [6, 6.07) is 4.76. The first-order chi connectivity index (χ1) is 8.90. The Labute approximate surface area is 124 Å². The summed E-state index contributed by atoms with van der Waals surface area (Å²) in [7, 11) is 0. The second-order valence-corrected chi connectivity index (χ2v) is 5.55. The normalized spacial score (nSPS) is 10.7. The molecule has 1 heterocycles. The van der Waals surface area contributed by atoms with Crippen molar-refractivity contribution in [1.29, 1.82) is 0 Å². The van der Waals surface area contributed by atoms with Gasteiger partial charge in [-0.05, 0) is 47.5 Å². The number of aryl methyl sites for hydroxylation is 1. The molecule has 0 aliphatic carbocycles. The van der Waals surface area contributed by atoms with Crippen molar-refractivity contribution in [2.24, 2.45) is 5.73 Å². The van der Waals surface area contributed by atoms with Gasteiger partial charge < -0.3 is 5.73 Å². The van der Waals surface area contributed by atoms with Gasteiger partial charge in [-0.3, -0.25) is 4.68 Å². The fourth-order valence-corrected chi connectivity index (χ4v) is 2.30. The maximum absolute atomic E-state index is 13.5. The molecule has 0 bridgehead atoms. The van der Waals surface area contributed by atoms with Crippen LogP contribution in [-0.2, 0) is 6.54 Å². The van der Waals surface area contributed by atoms with Crippen LogP contribution in [0.4, 0.5) is 4.39 Å². The molecular weight excluding hydrogens is 329 g/mol. The first-order valence-electron chi connectivity index (χ1n) is 5.68. The molecule has 0 unspecified atom stereocenters. The summed E-state index contributed by atoms with van der Waals surface area (Å²) < 4.78 is 16.4. The number of aromatic nitrogens is 2. The second-order valence-electron chi connectivity index (χ2n) is 4.32. The van der Waals surface area contributed by atoms with Crippen LogP contribution in [0, 0.1) is 19.7 Å². The van der Waals surface area contributed by atoms with Crippen LogP contribution in [0.2, 0.25) is 0 Å². The van der Waals surface area contributed by atoms with E-state index in [-0.39, 0.29) is 10.6 Å². The first-order valence-corrected chi connectivity index (χ1v) is 6.88. The van der Waals surface area contributed by atoms with E-state index < -0.39 is 5.82 Å². The fourth-order valence-electron chi connectivity index (χ4n) is 1.86. The highest BCUT2D eigenvalue weighted by molar-refractivity contribution is 9.10. The number of nitrogens with two attached hydrogens (primary N) is 1. The average Bonchev–Trinajstić information content (AvgIpc) is 2.59. The fraction of sp³-hybridized carbons (Fsp3) is 0.231. The molecule has 100 valence electrons. The predicted molar refractivity (Wildman–Crippen MR) is 80.8 cm³/mol. The van der Waals surface area contributed by atoms with E-state index in [1.54, 1.807) is 12.1 Å². The van der Waals surface area contributed by atoms with Crippen molar-refractivity contribution in [2.45, 2.75) is 20.4 Å². The Morgan fingerprint density at radius 2 is 2.16 bits per heavy atom. The third-order valence-electron chi connectivity index (χ3n) is 2.92. The van der Waals surface area contributed by atoms with E-state index >= 15 is 0 Å². The lowest BCUT2D eigenvalue weighted by Gasteiger charge is -2.07. The Morgan fingerprint density at radius 3 is 2.68 bits per heavy atom. The number of rotatable bonds is 3. The summed E-state index contributed by atoms with van der Waals surface area (Å²) in [5, 5.41) is 4.41. The Morgan fingerprint density at radius 1 is 1.47 bits per heavy atom. The lowest BCUT2D eigenvalue weighted by molar-refractivity contribution is 0.620. The third kappa shape index (κ3) is 2.84. The Hall–Kier alpha value is -1.27. The van der Waals surface area contributed by atoms with Crippen LogP contribution in [0.15, 0.2) is 22.7 Å². The monoisotopic (exact) mass is 341 g/mol. The van der Waals surface area contributed by atoms with Crippen LogP contribution < -0.4 is 5.73 Å². The summed E-state index contributed by atoms with van der Waals surface area (Å²) in [4.78, 5) is 0.0638. The molecule has 3 nitrogen and oxygen atoms in total. The van der Waals surface area contributed by atoms with Crippen LogP contribution in [0.25, 0.3) is 0 Å². The number of hydrogen-bond donors (Lipinski definition) is 1. The van der Waals surface area contributed by atoms with Crippen molar-refractivity contribution in [1.82, 2.24) is 9.78 Å². The maximum atomic E-state index is 13.5. The molecule has 2 N–H and O–H groups in total. The standard InChI is InChI=1S/C13H13BrFN3S/c1-7-12(14)8(2)18(17-7)6-9-3-4-11(15)10(5-9)13(16)19/h3-5H,6H2,1-2H3,(H2,16,19). The van der Waals surface area contributed by atoms with Gasteiger partial charge in [0.25, 0.3) is 0 Å². The number of benzene rings is 1. The molecule has 0 saturated heterocycles. The van der Waals surface area contributed by atoms with Crippen LogP contribution in [-0.4, -0.2) is 14.8 Å². The molecule has 1 aromatic carbocycles. The van der Waals surface area contributed by atoms with E-state index in [4.69, 9.17) is 18.0 Å². The molecule has 0 amide bonds. The van der Waals surface area contributed by atoms with E-state index in [0.29, 0.717) is 6.54 Å².